The molecule has 1 aliphatic carbocycles. The van der Waals surface area contributed by atoms with Gasteiger partial charge in [-0.3, -0.25) is 4.79 Å². The SMILES string of the molecule is CCOC(=O)C(CC)NCC1(CCOC)CC1. The molecule has 0 spiro atoms. The summed E-state index contributed by atoms with van der Waals surface area (Å²) in [5.41, 5.74) is 0.371. The van der Waals surface area contributed by atoms with Gasteiger partial charge in [0.05, 0.1) is 6.61 Å². The average Bonchev–Trinajstić information content (AvgIpc) is 3.08. The van der Waals surface area contributed by atoms with E-state index in [9.17, 15) is 4.79 Å². The first-order valence-electron chi connectivity index (χ1n) is 6.56. The molecule has 17 heavy (non-hydrogen) atoms. The van der Waals surface area contributed by atoms with E-state index < -0.39 is 0 Å². The fourth-order valence-corrected chi connectivity index (χ4v) is 1.99. The number of methoxy groups -OCH3 is 1. The maximum absolute atomic E-state index is 11.6. The van der Waals surface area contributed by atoms with Crippen LogP contribution in [0.1, 0.15) is 39.5 Å². The third kappa shape index (κ3) is 4.64. The number of carbonyl (C=O) groups excluding carboxylic acids is 1. The molecule has 1 aliphatic rings. The summed E-state index contributed by atoms with van der Waals surface area (Å²) in [6.07, 6.45) is 4.33. The Bertz CT molecular complexity index is 239. The molecular formula is C13H25NO3. The van der Waals surface area contributed by atoms with Gasteiger partial charge in [-0.15, -0.1) is 0 Å². The molecule has 4 nitrogen and oxygen atoms in total. The Balaban J connectivity index is 2.29. The number of ether oxygens (including phenoxy) is 2. The maximum atomic E-state index is 11.6. The number of hydrogen-bond acceptors (Lipinski definition) is 4. The third-order valence-electron chi connectivity index (χ3n) is 3.50. The van der Waals surface area contributed by atoms with Gasteiger partial charge in [0.1, 0.15) is 6.04 Å². The summed E-state index contributed by atoms with van der Waals surface area (Å²) < 4.78 is 10.2. The highest BCUT2D eigenvalue weighted by Gasteiger charge is 2.42. The smallest absolute Gasteiger partial charge is 0.323 e. The van der Waals surface area contributed by atoms with Gasteiger partial charge in [-0.2, -0.15) is 0 Å². The molecule has 0 aliphatic heterocycles. The van der Waals surface area contributed by atoms with Crippen molar-refractivity contribution in [3.63, 3.8) is 0 Å². The second-order valence-corrected chi connectivity index (χ2v) is 4.84. The van der Waals surface area contributed by atoms with Crippen molar-refractivity contribution in [2.75, 3.05) is 26.9 Å². The molecule has 4 heteroatoms. The monoisotopic (exact) mass is 243 g/mol. The van der Waals surface area contributed by atoms with Gasteiger partial charge >= 0.3 is 5.97 Å². The Morgan fingerprint density at radius 3 is 2.59 bits per heavy atom. The summed E-state index contributed by atoms with van der Waals surface area (Å²) in [5, 5.41) is 3.34. The van der Waals surface area contributed by atoms with Gasteiger partial charge in [-0.25, -0.2) is 0 Å². The Hall–Kier alpha value is -0.610. The predicted octanol–water partition coefficient (Wildman–Crippen LogP) is 1.73. The number of rotatable bonds is 9. The minimum Gasteiger partial charge on any atom is -0.465 e. The number of carbonyl (C=O) groups is 1. The van der Waals surface area contributed by atoms with Gasteiger partial charge in [0.2, 0.25) is 0 Å². The summed E-state index contributed by atoms with van der Waals surface area (Å²) >= 11 is 0. The quantitative estimate of drug-likeness (QED) is 0.627. The van der Waals surface area contributed by atoms with Crippen molar-refractivity contribution in [3.8, 4) is 0 Å². The van der Waals surface area contributed by atoms with Crippen molar-refractivity contribution in [3.05, 3.63) is 0 Å². The molecule has 0 radical (unpaired) electrons. The van der Waals surface area contributed by atoms with Gasteiger partial charge in [0, 0.05) is 20.3 Å². The molecule has 0 saturated heterocycles. The Morgan fingerprint density at radius 1 is 1.41 bits per heavy atom. The van der Waals surface area contributed by atoms with Crippen LogP contribution in [0.15, 0.2) is 0 Å². The van der Waals surface area contributed by atoms with Gasteiger partial charge in [0.15, 0.2) is 0 Å². The normalized spacial score (nSPS) is 18.8. The van der Waals surface area contributed by atoms with Crippen molar-refractivity contribution in [1.29, 1.82) is 0 Å². The second-order valence-electron chi connectivity index (χ2n) is 4.84. The van der Waals surface area contributed by atoms with Gasteiger partial charge in [0.25, 0.3) is 0 Å². The molecular weight excluding hydrogens is 218 g/mol. The largest absolute Gasteiger partial charge is 0.465 e. The van der Waals surface area contributed by atoms with Crippen LogP contribution in [-0.4, -0.2) is 38.9 Å². The molecule has 0 amide bonds. The summed E-state index contributed by atoms with van der Waals surface area (Å²) in [7, 11) is 1.73. The van der Waals surface area contributed by atoms with E-state index in [0.29, 0.717) is 12.0 Å². The van der Waals surface area contributed by atoms with Gasteiger partial charge < -0.3 is 14.8 Å². The molecule has 0 aromatic carbocycles. The highest BCUT2D eigenvalue weighted by Crippen LogP contribution is 2.48. The first kappa shape index (κ1) is 14.5. The molecule has 1 atom stereocenters. The van der Waals surface area contributed by atoms with Crippen LogP contribution in [0, 0.1) is 5.41 Å². The van der Waals surface area contributed by atoms with Crippen LogP contribution in [-0.2, 0) is 14.3 Å². The Morgan fingerprint density at radius 2 is 2.12 bits per heavy atom. The molecule has 0 heterocycles. The van der Waals surface area contributed by atoms with E-state index in [0.717, 1.165) is 26.0 Å². The van der Waals surface area contributed by atoms with Crippen LogP contribution < -0.4 is 5.32 Å². The molecule has 0 aromatic heterocycles. The lowest BCUT2D eigenvalue weighted by Gasteiger charge is -2.20. The molecule has 1 N–H and O–H groups in total. The fraction of sp³-hybridized carbons (Fsp3) is 0.923. The van der Waals surface area contributed by atoms with Crippen LogP contribution in [0.5, 0.6) is 0 Å². The zero-order valence-electron chi connectivity index (χ0n) is 11.3. The minimum atomic E-state index is -0.157. The van der Waals surface area contributed by atoms with Gasteiger partial charge in [-0.05, 0) is 38.0 Å². The van der Waals surface area contributed by atoms with Crippen molar-refractivity contribution < 1.29 is 14.3 Å². The van der Waals surface area contributed by atoms with E-state index in [-0.39, 0.29) is 12.0 Å². The van der Waals surface area contributed by atoms with Crippen molar-refractivity contribution in [2.24, 2.45) is 5.41 Å². The summed E-state index contributed by atoms with van der Waals surface area (Å²) in [5.74, 6) is -0.127. The summed E-state index contributed by atoms with van der Waals surface area (Å²) in [6, 6.07) is -0.157. The van der Waals surface area contributed by atoms with E-state index in [1.807, 2.05) is 13.8 Å². The molecule has 1 fully saturated rings. The van der Waals surface area contributed by atoms with Gasteiger partial charge in [-0.1, -0.05) is 6.92 Å². The molecule has 100 valence electrons. The summed E-state index contributed by atoms with van der Waals surface area (Å²) in [4.78, 5) is 11.6. The van der Waals surface area contributed by atoms with E-state index in [2.05, 4.69) is 5.32 Å². The first-order chi connectivity index (χ1) is 8.17. The highest BCUT2D eigenvalue weighted by molar-refractivity contribution is 5.75. The average molecular weight is 243 g/mol. The Kier molecular flexibility index (Phi) is 5.92. The maximum Gasteiger partial charge on any atom is 0.323 e. The van der Waals surface area contributed by atoms with Crippen LogP contribution >= 0.6 is 0 Å². The summed E-state index contributed by atoms with van der Waals surface area (Å²) in [6.45, 7) is 5.99. The fourth-order valence-electron chi connectivity index (χ4n) is 1.99. The van der Waals surface area contributed by atoms with E-state index in [1.54, 1.807) is 7.11 Å². The second kappa shape index (κ2) is 6.97. The number of nitrogens with one attached hydrogen (secondary N) is 1. The zero-order chi connectivity index (χ0) is 12.7. The van der Waals surface area contributed by atoms with Crippen molar-refractivity contribution in [1.82, 2.24) is 5.32 Å². The molecule has 1 unspecified atom stereocenters. The minimum absolute atomic E-state index is 0.127. The van der Waals surface area contributed by atoms with Crippen molar-refractivity contribution in [2.45, 2.75) is 45.6 Å². The lowest BCUT2D eigenvalue weighted by Crippen LogP contribution is -2.40. The molecule has 0 bridgehead atoms. The topological polar surface area (TPSA) is 47.6 Å². The molecule has 1 rings (SSSR count). The molecule has 0 aromatic rings. The van der Waals surface area contributed by atoms with E-state index in [1.165, 1.54) is 12.8 Å². The van der Waals surface area contributed by atoms with Crippen LogP contribution in [0.25, 0.3) is 0 Å². The highest BCUT2D eigenvalue weighted by atomic mass is 16.5. The number of hydrogen-bond donors (Lipinski definition) is 1. The van der Waals surface area contributed by atoms with E-state index in [4.69, 9.17) is 9.47 Å². The lowest BCUT2D eigenvalue weighted by molar-refractivity contribution is -0.145. The zero-order valence-corrected chi connectivity index (χ0v) is 11.3. The first-order valence-corrected chi connectivity index (χ1v) is 6.56. The number of esters is 1. The van der Waals surface area contributed by atoms with Crippen LogP contribution in [0.3, 0.4) is 0 Å². The molecule has 1 saturated carbocycles. The third-order valence-corrected chi connectivity index (χ3v) is 3.50. The Labute approximate surface area is 104 Å². The van der Waals surface area contributed by atoms with Crippen LogP contribution in [0.4, 0.5) is 0 Å². The van der Waals surface area contributed by atoms with Crippen molar-refractivity contribution >= 4 is 5.97 Å². The van der Waals surface area contributed by atoms with Crippen LogP contribution in [0.2, 0.25) is 0 Å². The lowest BCUT2D eigenvalue weighted by atomic mass is 10.0. The van der Waals surface area contributed by atoms with E-state index >= 15 is 0 Å². The predicted molar refractivity (Wildman–Crippen MR) is 66.9 cm³/mol. The standard InChI is InChI=1S/C13H25NO3/c1-4-11(12(15)17-5-2)14-10-13(6-7-13)8-9-16-3/h11,14H,4-10H2,1-3H3.